The Morgan fingerprint density at radius 3 is 2.58 bits per heavy atom. The minimum absolute atomic E-state index is 0.0430. The quantitative estimate of drug-likeness (QED) is 0.674. The highest BCUT2D eigenvalue weighted by atomic mass is 32.2. The van der Waals surface area contributed by atoms with Crippen LogP contribution in [0, 0.1) is 0 Å². The molecule has 100 valence electrons. The lowest BCUT2D eigenvalue weighted by molar-refractivity contribution is 0.0994. The number of nitrogens with two attached hydrogens (primary N) is 1. The Balaban J connectivity index is 2.05. The van der Waals surface area contributed by atoms with Crippen LogP contribution in [0.5, 0.6) is 5.75 Å². The smallest absolute Gasteiger partial charge is 0.203 e. The molecule has 2 rings (SSSR count). The molecule has 0 aliphatic rings. The summed E-state index contributed by atoms with van der Waals surface area (Å²) in [6.45, 7) is 1.84. The van der Waals surface area contributed by atoms with Crippen molar-refractivity contribution in [1.82, 2.24) is 10.2 Å². The van der Waals surface area contributed by atoms with E-state index in [4.69, 9.17) is 10.5 Å². The molecule has 1 heterocycles. The Kier molecular flexibility index (Phi) is 4.39. The number of hydrogen-bond donors (Lipinski definition) is 1. The van der Waals surface area contributed by atoms with Gasteiger partial charge in [-0.25, -0.2) is 0 Å². The average Bonchev–Trinajstić information content (AvgIpc) is 2.83. The first kappa shape index (κ1) is 13.8. The lowest BCUT2D eigenvalue weighted by Crippen LogP contribution is -2.13. The number of carbonyl (C=O) groups is 1. The number of hydrogen-bond acceptors (Lipinski definition) is 7. The second kappa shape index (κ2) is 6.03. The monoisotopic (exact) mass is 295 g/mol. The van der Waals surface area contributed by atoms with Gasteiger partial charge in [0.1, 0.15) is 5.75 Å². The van der Waals surface area contributed by atoms with Crippen molar-refractivity contribution < 1.29 is 9.53 Å². The van der Waals surface area contributed by atoms with E-state index in [-0.39, 0.29) is 11.0 Å². The predicted octanol–water partition coefficient (Wildman–Crippen LogP) is 2.49. The molecule has 5 nitrogen and oxygen atoms in total. The van der Waals surface area contributed by atoms with Crippen LogP contribution >= 0.6 is 23.1 Å². The predicted molar refractivity (Wildman–Crippen MR) is 77.0 cm³/mol. The zero-order valence-electron chi connectivity index (χ0n) is 10.5. The average molecular weight is 295 g/mol. The molecule has 0 saturated carbocycles. The minimum atomic E-state index is -0.235. The Labute approximate surface area is 119 Å². The summed E-state index contributed by atoms with van der Waals surface area (Å²) in [5, 5.41) is 7.79. The van der Waals surface area contributed by atoms with Crippen molar-refractivity contribution in [2.45, 2.75) is 16.5 Å². The van der Waals surface area contributed by atoms with Crippen LogP contribution in [-0.2, 0) is 0 Å². The summed E-state index contributed by atoms with van der Waals surface area (Å²) in [6.07, 6.45) is 0. The van der Waals surface area contributed by atoms with E-state index < -0.39 is 0 Å². The van der Waals surface area contributed by atoms with Gasteiger partial charge in [-0.15, -0.1) is 10.2 Å². The van der Waals surface area contributed by atoms with Gasteiger partial charge < -0.3 is 10.5 Å². The van der Waals surface area contributed by atoms with E-state index in [0.29, 0.717) is 15.0 Å². The molecule has 0 fully saturated rings. The third kappa shape index (κ3) is 3.45. The van der Waals surface area contributed by atoms with Crippen molar-refractivity contribution in [2.24, 2.45) is 0 Å². The van der Waals surface area contributed by atoms with Crippen LogP contribution in [0.3, 0.4) is 0 Å². The Hall–Kier alpha value is -1.60. The van der Waals surface area contributed by atoms with Gasteiger partial charge in [0.2, 0.25) is 5.13 Å². The zero-order valence-corrected chi connectivity index (χ0v) is 12.1. The molecule has 0 bridgehead atoms. The third-order valence-corrected chi connectivity index (χ3v) is 4.38. The number of ether oxygens (including phenoxy) is 1. The number of ketones is 1. The van der Waals surface area contributed by atoms with Crippen LogP contribution in [0.1, 0.15) is 17.3 Å². The molecule has 0 radical (unpaired) electrons. The molecule has 0 spiro atoms. The summed E-state index contributed by atoms with van der Waals surface area (Å²) in [7, 11) is 1.59. The van der Waals surface area contributed by atoms with Gasteiger partial charge in [-0.3, -0.25) is 4.79 Å². The summed E-state index contributed by atoms with van der Waals surface area (Å²) in [5.74, 6) is 0.773. The van der Waals surface area contributed by atoms with Crippen LogP contribution in [0.15, 0.2) is 28.6 Å². The third-order valence-electron chi connectivity index (χ3n) is 2.44. The lowest BCUT2D eigenvalue weighted by Gasteiger charge is -2.08. The molecule has 0 aliphatic carbocycles. The fourth-order valence-electron chi connectivity index (χ4n) is 1.46. The van der Waals surface area contributed by atoms with E-state index in [1.54, 1.807) is 31.4 Å². The number of benzene rings is 1. The van der Waals surface area contributed by atoms with E-state index >= 15 is 0 Å². The van der Waals surface area contributed by atoms with Gasteiger partial charge in [-0.1, -0.05) is 23.1 Å². The van der Waals surface area contributed by atoms with Gasteiger partial charge in [-0.05, 0) is 31.2 Å². The molecule has 1 aromatic heterocycles. The largest absolute Gasteiger partial charge is 0.497 e. The van der Waals surface area contributed by atoms with E-state index in [1.807, 2.05) is 6.92 Å². The summed E-state index contributed by atoms with van der Waals surface area (Å²) in [5.41, 5.74) is 6.16. The number of aromatic nitrogens is 2. The van der Waals surface area contributed by atoms with Gasteiger partial charge in [0, 0.05) is 5.56 Å². The summed E-state index contributed by atoms with van der Waals surface area (Å²) in [4.78, 5) is 12.2. The van der Waals surface area contributed by atoms with E-state index in [9.17, 15) is 4.79 Å². The number of anilines is 1. The maximum absolute atomic E-state index is 12.2. The van der Waals surface area contributed by atoms with Crippen LogP contribution in [0.4, 0.5) is 5.13 Å². The Morgan fingerprint density at radius 1 is 1.37 bits per heavy atom. The number of thioether (sulfide) groups is 1. The first-order valence-electron chi connectivity index (χ1n) is 5.54. The van der Waals surface area contributed by atoms with Crippen molar-refractivity contribution in [2.75, 3.05) is 12.8 Å². The fourth-order valence-corrected chi connectivity index (χ4v) is 3.32. The number of methoxy groups -OCH3 is 1. The van der Waals surface area contributed by atoms with E-state index in [1.165, 1.54) is 23.1 Å². The number of rotatable bonds is 5. The molecule has 7 heteroatoms. The maximum Gasteiger partial charge on any atom is 0.203 e. The molecule has 1 aromatic carbocycles. The van der Waals surface area contributed by atoms with Crippen molar-refractivity contribution in [3.05, 3.63) is 29.8 Å². The number of carbonyl (C=O) groups excluding carboxylic acids is 1. The van der Waals surface area contributed by atoms with Crippen LogP contribution in [-0.4, -0.2) is 28.3 Å². The van der Waals surface area contributed by atoms with Gasteiger partial charge in [0.05, 0.1) is 12.4 Å². The first-order valence-corrected chi connectivity index (χ1v) is 7.23. The lowest BCUT2D eigenvalue weighted by atomic mass is 10.1. The van der Waals surface area contributed by atoms with E-state index in [2.05, 4.69) is 10.2 Å². The molecule has 19 heavy (non-hydrogen) atoms. The molecule has 0 amide bonds. The normalized spacial score (nSPS) is 12.1. The SMILES string of the molecule is COc1ccc(C(=O)[C@H](C)Sc2nnc(N)s2)cc1. The zero-order chi connectivity index (χ0) is 13.8. The minimum Gasteiger partial charge on any atom is -0.497 e. The summed E-state index contributed by atoms with van der Waals surface area (Å²) < 4.78 is 5.76. The van der Waals surface area contributed by atoms with Gasteiger partial charge in [-0.2, -0.15) is 0 Å². The second-order valence-electron chi connectivity index (χ2n) is 3.76. The molecule has 0 unspecified atom stereocenters. The summed E-state index contributed by atoms with van der Waals surface area (Å²) in [6, 6.07) is 7.06. The topological polar surface area (TPSA) is 78.1 Å². The fraction of sp³-hybridized carbons (Fsp3) is 0.250. The van der Waals surface area contributed by atoms with Crippen LogP contribution in [0.2, 0.25) is 0 Å². The number of Topliss-reactive ketones (excluding diaryl/α,β-unsaturated/α-hetero) is 1. The standard InChI is InChI=1S/C12H13N3O2S2/c1-7(18-12-15-14-11(13)19-12)10(16)8-3-5-9(17-2)6-4-8/h3-7H,1-2H3,(H2,13,14)/t7-/m0/s1. The molecule has 1 atom stereocenters. The second-order valence-corrected chi connectivity index (χ2v) is 6.36. The highest BCUT2D eigenvalue weighted by Crippen LogP contribution is 2.29. The van der Waals surface area contributed by atoms with Gasteiger partial charge in [0.15, 0.2) is 10.1 Å². The van der Waals surface area contributed by atoms with Crippen molar-refractivity contribution in [3.63, 3.8) is 0 Å². The molecule has 2 N–H and O–H groups in total. The number of nitrogens with zero attached hydrogens (tertiary/aromatic N) is 2. The van der Waals surface area contributed by atoms with Gasteiger partial charge >= 0.3 is 0 Å². The highest BCUT2D eigenvalue weighted by Gasteiger charge is 2.18. The van der Waals surface area contributed by atoms with Crippen molar-refractivity contribution in [3.8, 4) is 5.75 Å². The first-order chi connectivity index (χ1) is 9.10. The molecular weight excluding hydrogens is 282 g/mol. The molecule has 2 aromatic rings. The number of nitrogen functional groups attached to an aromatic ring is 1. The van der Waals surface area contributed by atoms with Crippen LogP contribution in [0.25, 0.3) is 0 Å². The van der Waals surface area contributed by atoms with Crippen molar-refractivity contribution >= 4 is 34.0 Å². The molecule has 0 aliphatic heterocycles. The molecule has 0 saturated heterocycles. The molecular formula is C12H13N3O2S2. The van der Waals surface area contributed by atoms with Crippen LogP contribution < -0.4 is 10.5 Å². The Morgan fingerprint density at radius 2 is 2.05 bits per heavy atom. The summed E-state index contributed by atoms with van der Waals surface area (Å²) >= 11 is 2.64. The van der Waals surface area contributed by atoms with Gasteiger partial charge in [0.25, 0.3) is 0 Å². The van der Waals surface area contributed by atoms with Crippen molar-refractivity contribution in [1.29, 1.82) is 0 Å². The maximum atomic E-state index is 12.2. The highest BCUT2D eigenvalue weighted by molar-refractivity contribution is 8.02. The Bertz CT molecular complexity index is 569. The van der Waals surface area contributed by atoms with E-state index in [0.717, 1.165) is 5.75 Å².